The molecule has 1 aliphatic carbocycles. The third-order valence-corrected chi connectivity index (χ3v) is 6.36. The first-order valence-corrected chi connectivity index (χ1v) is 10.7. The number of aromatic nitrogens is 2. The predicted molar refractivity (Wildman–Crippen MR) is 112 cm³/mol. The Morgan fingerprint density at radius 3 is 2.90 bits per heavy atom. The molecule has 0 radical (unpaired) electrons. The molecular formula is C22H27ClN4O2. The summed E-state index contributed by atoms with van der Waals surface area (Å²) in [5.74, 6) is 0.235. The molecule has 2 fully saturated rings. The molecule has 4 rings (SSSR count). The van der Waals surface area contributed by atoms with Gasteiger partial charge in [-0.2, -0.15) is 0 Å². The number of rotatable bonds is 5. The van der Waals surface area contributed by atoms with Gasteiger partial charge in [0, 0.05) is 41.6 Å². The Morgan fingerprint density at radius 1 is 1.31 bits per heavy atom. The zero-order valence-electron chi connectivity index (χ0n) is 16.6. The second kappa shape index (κ2) is 8.57. The van der Waals surface area contributed by atoms with Crippen LogP contribution in [0.3, 0.4) is 0 Å². The van der Waals surface area contributed by atoms with Crippen LogP contribution in [-0.2, 0) is 11.3 Å². The first-order valence-electron chi connectivity index (χ1n) is 10.4. The normalized spacial score (nSPS) is 24.8. The van der Waals surface area contributed by atoms with Crippen molar-refractivity contribution in [3.8, 4) is 0 Å². The lowest BCUT2D eigenvalue weighted by Crippen LogP contribution is -2.51. The summed E-state index contributed by atoms with van der Waals surface area (Å²) in [6, 6.07) is 6.66. The summed E-state index contributed by atoms with van der Waals surface area (Å²) < 4.78 is 1.94. The molecule has 0 bridgehead atoms. The Morgan fingerprint density at radius 2 is 2.14 bits per heavy atom. The molecule has 0 spiro atoms. The lowest BCUT2D eigenvalue weighted by Gasteiger charge is -2.34. The third-order valence-electron chi connectivity index (χ3n) is 6.13. The number of carbonyl (C=O) groups excluding carboxylic acids is 2. The molecule has 29 heavy (non-hydrogen) atoms. The maximum Gasteiger partial charge on any atom is 0.254 e. The minimum Gasteiger partial charge on any atom is -0.350 e. The van der Waals surface area contributed by atoms with E-state index < -0.39 is 6.04 Å². The number of likely N-dealkylation sites (tertiary alicyclic amines) is 1. The van der Waals surface area contributed by atoms with Gasteiger partial charge in [0.05, 0.1) is 6.33 Å². The summed E-state index contributed by atoms with van der Waals surface area (Å²) in [4.78, 5) is 32.5. The average molecular weight is 415 g/mol. The van der Waals surface area contributed by atoms with Crippen LogP contribution in [0.15, 0.2) is 43.0 Å². The second-order valence-electron chi connectivity index (χ2n) is 8.26. The first-order chi connectivity index (χ1) is 14.0. The first kappa shape index (κ1) is 20.0. The van der Waals surface area contributed by atoms with Crippen molar-refractivity contribution in [2.45, 2.75) is 63.7 Å². The number of fused-ring (bicyclic) bond motifs is 1. The fourth-order valence-electron chi connectivity index (χ4n) is 4.85. The highest BCUT2D eigenvalue weighted by Crippen LogP contribution is 2.40. The maximum atomic E-state index is 13.4. The molecule has 0 unspecified atom stereocenters. The van der Waals surface area contributed by atoms with Crippen molar-refractivity contribution in [1.29, 1.82) is 0 Å². The van der Waals surface area contributed by atoms with Crippen LogP contribution in [-0.4, -0.2) is 44.4 Å². The van der Waals surface area contributed by atoms with Crippen molar-refractivity contribution in [2.24, 2.45) is 5.92 Å². The number of nitrogens with one attached hydrogen (secondary N) is 1. The van der Waals surface area contributed by atoms with Gasteiger partial charge in [-0.3, -0.25) is 9.59 Å². The van der Waals surface area contributed by atoms with Crippen LogP contribution in [0.4, 0.5) is 0 Å². The molecule has 6 nitrogen and oxygen atoms in total. The third kappa shape index (κ3) is 4.32. The van der Waals surface area contributed by atoms with E-state index in [1.54, 1.807) is 36.8 Å². The van der Waals surface area contributed by atoms with Gasteiger partial charge in [0.1, 0.15) is 6.04 Å². The van der Waals surface area contributed by atoms with E-state index in [0.717, 1.165) is 25.7 Å². The summed E-state index contributed by atoms with van der Waals surface area (Å²) in [6.45, 7) is 2.62. The minimum absolute atomic E-state index is 0.0533. The number of halogens is 1. The number of hydrogen-bond acceptors (Lipinski definition) is 3. The smallest absolute Gasteiger partial charge is 0.254 e. The van der Waals surface area contributed by atoms with Crippen molar-refractivity contribution in [1.82, 2.24) is 19.8 Å². The highest BCUT2D eigenvalue weighted by Gasteiger charge is 2.47. The molecule has 2 heterocycles. The molecule has 2 amide bonds. The van der Waals surface area contributed by atoms with Crippen molar-refractivity contribution < 1.29 is 9.59 Å². The largest absolute Gasteiger partial charge is 0.350 e. The molecular weight excluding hydrogens is 388 g/mol. The van der Waals surface area contributed by atoms with Crippen LogP contribution < -0.4 is 5.32 Å². The lowest BCUT2D eigenvalue weighted by molar-refractivity contribution is -0.125. The van der Waals surface area contributed by atoms with Gasteiger partial charge in [0.25, 0.3) is 5.91 Å². The van der Waals surface area contributed by atoms with E-state index in [4.69, 9.17) is 11.6 Å². The van der Waals surface area contributed by atoms with Crippen LogP contribution in [0.1, 0.15) is 49.4 Å². The fourth-order valence-corrected chi connectivity index (χ4v) is 5.04. The molecule has 1 aromatic heterocycles. The van der Waals surface area contributed by atoms with Crippen LogP contribution in [0, 0.1) is 5.92 Å². The Bertz CT molecular complexity index is 869. The van der Waals surface area contributed by atoms with Gasteiger partial charge in [-0.1, -0.05) is 30.5 Å². The van der Waals surface area contributed by atoms with E-state index in [1.807, 2.05) is 22.6 Å². The second-order valence-corrected chi connectivity index (χ2v) is 8.69. The van der Waals surface area contributed by atoms with E-state index in [-0.39, 0.29) is 23.9 Å². The van der Waals surface area contributed by atoms with Crippen LogP contribution in [0.2, 0.25) is 5.02 Å². The fraction of sp³-hybridized carbons (Fsp3) is 0.500. The van der Waals surface area contributed by atoms with Crippen LogP contribution in [0.25, 0.3) is 0 Å². The Hall–Kier alpha value is -2.34. The van der Waals surface area contributed by atoms with Crippen molar-refractivity contribution >= 4 is 23.4 Å². The quantitative estimate of drug-likeness (QED) is 0.814. The van der Waals surface area contributed by atoms with Gasteiger partial charge >= 0.3 is 0 Å². The predicted octanol–water partition coefficient (Wildman–Crippen LogP) is 3.51. The van der Waals surface area contributed by atoms with Gasteiger partial charge in [-0.15, -0.1) is 0 Å². The Balaban J connectivity index is 1.53. The standard InChI is InChI=1S/C22H27ClN4O2/c1-15(13-26-10-9-24-14-26)25-21(28)20-12-16-5-2-3-8-19(16)27(20)22(29)17-6-4-7-18(23)11-17/h4,6-7,9-11,14-16,19-20H,2-3,5,8,12-13H2,1H3,(H,25,28)/t15-,16+,19+,20+/m1/s1. The highest BCUT2D eigenvalue weighted by atomic mass is 35.5. The summed E-state index contributed by atoms with van der Waals surface area (Å²) in [7, 11) is 0. The molecule has 2 aliphatic rings. The minimum atomic E-state index is -0.431. The van der Waals surface area contributed by atoms with Crippen molar-refractivity contribution in [3.63, 3.8) is 0 Å². The average Bonchev–Trinajstić information content (AvgIpc) is 3.34. The number of hydrogen-bond donors (Lipinski definition) is 1. The highest BCUT2D eigenvalue weighted by molar-refractivity contribution is 6.31. The Labute approximate surface area is 176 Å². The lowest BCUT2D eigenvalue weighted by atomic mass is 9.84. The molecule has 7 heteroatoms. The molecule has 1 saturated carbocycles. The zero-order chi connectivity index (χ0) is 20.4. The summed E-state index contributed by atoms with van der Waals surface area (Å²) in [5, 5.41) is 3.64. The van der Waals surface area contributed by atoms with Crippen LogP contribution in [0.5, 0.6) is 0 Å². The Kier molecular flexibility index (Phi) is 5.90. The van der Waals surface area contributed by atoms with E-state index in [0.29, 0.717) is 23.0 Å². The number of imidazole rings is 1. The summed E-state index contributed by atoms with van der Waals surface area (Å²) in [6.07, 6.45) is 10.4. The molecule has 1 aromatic carbocycles. The topological polar surface area (TPSA) is 67.2 Å². The van der Waals surface area contributed by atoms with Crippen molar-refractivity contribution in [2.75, 3.05) is 0 Å². The number of carbonyl (C=O) groups is 2. The van der Waals surface area contributed by atoms with E-state index in [9.17, 15) is 9.59 Å². The van der Waals surface area contributed by atoms with Gasteiger partial charge < -0.3 is 14.8 Å². The van der Waals surface area contributed by atoms with Crippen molar-refractivity contribution in [3.05, 3.63) is 53.6 Å². The van der Waals surface area contributed by atoms with Gasteiger partial charge in [-0.25, -0.2) is 4.98 Å². The zero-order valence-corrected chi connectivity index (χ0v) is 17.4. The molecule has 2 aromatic rings. The maximum absolute atomic E-state index is 13.4. The van der Waals surface area contributed by atoms with E-state index in [2.05, 4.69) is 10.3 Å². The van der Waals surface area contributed by atoms with Crippen LogP contribution >= 0.6 is 11.6 Å². The molecule has 1 N–H and O–H groups in total. The SMILES string of the molecule is C[C@H](Cn1ccnc1)NC(=O)[C@@H]1C[C@@H]2CCCC[C@@H]2N1C(=O)c1cccc(Cl)c1. The molecule has 1 aliphatic heterocycles. The van der Waals surface area contributed by atoms with Gasteiger partial charge in [-0.05, 0) is 50.3 Å². The molecule has 1 saturated heterocycles. The molecule has 154 valence electrons. The summed E-state index contributed by atoms with van der Waals surface area (Å²) >= 11 is 6.11. The van der Waals surface area contributed by atoms with E-state index >= 15 is 0 Å². The summed E-state index contributed by atoms with van der Waals surface area (Å²) in [5.41, 5.74) is 0.549. The monoisotopic (exact) mass is 414 g/mol. The number of amides is 2. The van der Waals surface area contributed by atoms with Gasteiger partial charge in [0.2, 0.25) is 5.91 Å². The van der Waals surface area contributed by atoms with E-state index in [1.165, 1.54) is 6.42 Å². The molecule has 4 atom stereocenters. The van der Waals surface area contributed by atoms with Gasteiger partial charge in [0.15, 0.2) is 0 Å². The number of benzene rings is 1. The number of nitrogens with zero attached hydrogens (tertiary/aromatic N) is 3.